The number of hydrogen-bond donors (Lipinski definition) is 0. The summed E-state index contributed by atoms with van der Waals surface area (Å²) in [6.45, 7) is 5.30. The van der Waals surface area contributed by atoms with Crippen molar-refractivity contribution in [2.24, 2.45) is 5.41 Å². The Bertz CT molecular complexity index is 919. The van der Waals surface area contributed by atoms with Crippen molar-refractivity contribution in [1.29, 1.82) is 5.26 Å². The molecular weight excluding hydrogens is 486 g/mol. The zero-order chi connectivity index (χ0) is 24.4. The summed E-state index contributed by atoms with van der Waals surface area (Å²) in [5.74, 6) is -3.39. The van der Waals surface area contributed by atoms with Gasteiger partial charge in [-0.25, -0.2) is 17.6 Å². The molecule has 10 heteroatoms. The molecule has 2 aromatic rings. The van der Waals surface area contributed by atoms with Gasteiger partial charge < -0.3 is 9.47 Å². The van der Waals surface area contributed by atoms with Crippen LogP contribution in [-0.2, 0) is 9.59 Å². The van der Waals surface area contributed by atoms with Gasteiger partial charge in [-0.1, -0.05) is 20.8 Å². The molecule has 0 aliphatic heterocycles. The van der Waals surface area contributed by atoms with Crippen molar-refractivity contribution < 1.29 is 36.6 Å². The molecule has 0 amide bonds. The number of nitrogens with zero attached hydrogens (tertiary/aromatic N) is 1. The number of halogens is 5. The first kappa shape index (κ1) is 28.1. The second-order valence-electron chi connectivity index (χ2n) is 6.92. The second kappa shape index (κ2) is 12.7. The summed E-state index contributed by atoms with van der Waals surface area (Å²) < 4.78 is 62.1. The highest BCUT2D eigenvalue weighted by atomic mass is 79.9. The minimum absolute atomic E-state index is 0.106. The van der Waals surface area contributed by atoms with Gasteiger partial charge in [0, 0.05) is 29.8 Å². The number of methoxy groups -OCH3 is 2. The third-order valence-electron chi connectivity index (χ3n) is 3.77. The number of nitriles is 1. The van der Waals surface area contributed by atoms with E-state index >= 15 is 0 Å². The summed E-state index contributed by atoms with van der Waals surface area (Å²) in [4.78, 5) is 16.2. The first-order valence-corrected chi connectivity index (χ1v) is 9.27. The van der Waals surface area contributed by atoms with E-state index in [9.17, 15) is 17.6 Å². The quantitative estimate of drug-likeness (QED) is 0.390. The third kappa shape index (κ3) is 8.40. The molecule has 168 valence electrons. The molecule has 0 spiro atoms. The predicted molar refractivity (Wildman–Crippen MR) is 106 cm³/mol. The van der Waals surface area contributed by atoms with Crippen LogP contribution in [0, 0.1) is 40.0 Å². The monoisotopic (exact) mass is 505 g/mol. The average Bonchev–Trinajstić information content (AvgIpc) is 2.68. The van der Waals surface area contributed by atoms with Crippen LogP contribution in [0.5, 0.6) is 11.5 Å². The Hall–Kier alpha value is -2.89. The lowest BCUT2D eigenvalue weighted by Crippen LogP contribution is -2.19. The molecule has 0 aromatic heterocycles. The molecule has 0 heterocycles. The molecule has 31 heavy (non-hydrogen) atoms. The van der Waals surface area contributed by atoms with Gasteiger partial charge in [-0.2, -0.15) is 14.9 Å². The van der Waals surface area contributed by atoms with Gasteiger partial charge in [0.25, 0.3) is 0 Å². The summed E-state index contributed by atoms with van der Waals surface area (Å²) in [7, 11) is 2.68. The average molecular weight is 506 g/mol. The van der Waals surface area contributed by atoms with Gasteiger partial charge in [-0.15, -0.1) is 0 Å². The minimum Gasteiger partial charge on any atom is -0.497 e. The lowest BCUT2D eigenvalue weighted by atomic mass is 9.77. The normalized spacial score (nSPS) is 10.9. The number of rotatable bonds is 3. The number of ether oxygens (including phenoxy) is 2. The van der Waals surface area contributed by atoms with E-state index in [4.69, 9.17) is 19.6 Å². The first-order chi connectivity index (χ1) is 14.4. The smallest absolute Gasteiger partial charge is 0.373 e. The predicted octanol–water partition coefficient (Wildman–Crippen LogP) is 5.78. The maximum absolute atomic E-state index is 13.8. The zero-order valence-corrected chi connectivity index (χ0v) is 18.9. The van der Waals surface area contributed by atoms with Gasteiger partial charge in [0.05, 0.1) is 30.7 Å². The molecule has 1 unspecified atom stereocenters. The van der Waals surface area contributed by atoms with Crippen LogP contribution in [0.15, 0.2) is 28.7 Å². The Labute approximate surface area is 185 Å². The van der Waals surface area contributed by atoms with Gasteiger partial charge in [0.2, 0.25) is 0 Å². The highest BCUT2D eigenvalue weighted by molar-refractivity contribution is 9.10. The minimum atomic E-state index is -0.839. The Morgan fingerprint density at radius 1 is 0.871 bits per heavy atom. The van der Waals surface area contributed by atoms with Crippen LogP contribution < -0.4 is 9.47 Å². The van der Waals surface area contributed by atoms with Crippen molar-refractivity contribution in [2.45, 2.75) is 26.7 Å². The van der Waals surface area contributed by atoms with Crippen LogP contribution in [0.3, 0.4) is 0 Å². The standard InChI is InChI=1S/C13H15F2NO.C7H5BrF2O.CO2/c1-13(2,3)9(7-16)12-10(14)5-8(17-4)6-11(12)15;1-11-4-2-5(9)7(8)6(10)3-4;2-1-3/h5-6,9H,1-4H3;2-3H,1H3;. The van der Waals surface area contributed by atoms with Crippen molar-refractivity contribution in [1.82, 2.24) is 0 Å². The maximum Gasteiger partial charge on any atom is 0.373 e. The largest absolute Gasteiger partial charge is 0.497 e. The molecule has 0 saturated carbocycles. The number of benzene rings is 2. The van der Waals surface area contributed by atoms with E-state index < -0.39 is 34.6 Å². The molecule has 2 rings (SSSR count). The van der Waals surface area contributed by atoms with E-state index in [1.54, 1.807) is 20.8 Å². The highest BCUT2D eigenvalue weighted by Crippen LogP contribution is 2.38. The maximum atomic E-state index is 13.8. The Morgan fingerprint density at radius 2 is 1.19 bits per heavy atom. The van der Waals surface area contributed by atoms with Crippen molar-refractivity contribution in [3.63, 3.8) is 0 Å². The van der Waals surface area contributed by atoms with Crippen LogP contribution in [0.25, 0.3) is 0 Å². The fourth-order valence-electron chi connectivity index (χ4n) is 2.30. The Morgan fingerprint density at radius 3 is 1.45 bits per heavy atom. The number of carbonyl (C=O) groups excluding carboxylic acids is 2. The Kier molecular flexibility index (Phi) is 11.5. The van der Waals surface area contributed by atoms with E-state index in [0.717, 1.165) is 24.3 Å². The summed E-state index contributed by atoms with van der Waals surface area (Å²) in [5, 5.41) is 9.08. The molecule has 0 aliphatic rings. The van der Waals surface area contributed by atoms with Crippen molar-refractivity contribution >= 4 is 22.1 Å². The fraction of sp³-hybridized carbons (Fsp3) is 0.333. The SMILES string of the molecule is COc1cc(F)c(Br)c(F)c1.COc1cc(F)c(C(C#N)C(C)(C)C)c(F)c1.O=C=O. The van der Waals surface area contributed by atoms with Crippen LogP contribution in [0.4, 0.5) is 17.6 Å². The molecule has 0 N–H and O–H groups in total. The molecule has 1 atom stereocenters. The van der Waals surface area contributed by atoms with Gasteiger partial charge in [0.15, 0.2) is 0 Å². The van der Waals surface area contributed by atoms with E-state index in [-0.39, 0.29) is 27.7 Å². The van der Waals surface area contributed by atoms with E-state index in [2.05, 4.69) is 20.7 Å². The first-order valence-electron chi connectivity index (χ1n) is 8.48. The molecule has 5 nitrogen and oxygen atoms in total. The molecule has 2 aromatic carbocycles. The fourth-order valence-corrected chi connectivity index (χ4v) is 2.52. The second-order valence-corrected chi connectivity index (χ2v) is 7.71. The van der Waals surface area contributed by atoms with E-state index in [1.165, 1.54) is 14.2 Å². The van der Waals surface area contributed by atoms with Gasteiger partial charge in [-0.05, 0) is 21.3 Å². The topological polar surface area (TPSA) is 76.4 Å². The van der Waals surface area contributed by atoms with Crippen LogP contribution in [0.2, 0.25) is 0 Å². The molecular formula is C21H20BrF4NO4. The highest BCUT2D eigenvalue weighted by Gasteiger charge is 2.31. The van der Waals surface area contributed by atoms with Crippen LogP contribution in [0.1, 0.15) is 32.3 Å². The molecule has 0 aliphatic carbocycles. The van der Waals surface area contributed by atoms with Gasteiger partial charge in [-0.3, -0.25) is 0 Å². The van der Waals surface area contributed by atoms with Crippen LogP contribution >= 0.6 is 15.9 Å². The van der Waals surface area contributed by atoms with Crippen molar-refractivity contribution in [3.8, 4) is 17.6 Å². The van der Waals surface area contributed by atoms with Crippen LogP contribution in [-0.4, -0.2) is 20.4 Å². The van der Waals surface area contributed by atoms with Crippen molar-refractivity contribution in [3.05, 3.63) is 57.6 Å². The van der Waals surface area contributed by atoms with Gasteiger partial charge in [0.1, 0.15) is 34.8 Å². The van der Waals surface area contributed by atoms with Crippen molar-refractivity contribution in [2.75, 3.05) is 14.2 Å². The Balaban J connectivity index is 0.000000551. The number of hydrogen-bond acceptors (Lipinski definition) is 5. The summed E-state index contributed by atoms with van der Waals surface area (Å²) in [6.07, 6.45) is 0.250. The molecule has 0 saturated heterocycles. The third-order valence-corrected chi connectivity index (χ3v) is 4.52. The molecule has 0 bridgehead atoms. The lowest BCUT2D eigenvalue weighted by molar-refractivity contribution is -0.191. The summed E-state index contributed by atoms with van der Waals surface area (Å²) in [6, 6.07) is 6.35. The zero-order valence-electron chi connectivity index (χ0n) is 17.4. The summed E-state index contributed by atoms with van der Waals surface area (Å²) >= 11 is 2.74. The van der Waals surface area contributed by atoms with E-state index in [1.807, 2.05) is 6.07 Å². The van der Waals surface area contributed by atoms with E-state index in [0.29, 0.717) is 0 Å². The van der Waals surface area contributed by atoms with Gasteiger partial charge >= 0.3 is 6.15 Å². The lowest BCUT2D eigenvalue weighted by Gasteiger charge is -2.25. The summed E-state index contributed by atoms with van der Waals surface area (Å²) in [5.41, 5.74) is -0.730. The molecule has 0 fully saturated rings. The molecule has 0 radical (unpaired) electrons.